The Bertz CT molecular complexity index is 1030. The van der Waals surface area contributed by atoms with Crippen LogP contribution in [0.3, 0.4) is 0 Å². The third kappa shape index (κ3) is 2.95. The quantitative estimate of drug-likeness (QED) is 0.727. The third-order valence-electron chi connectivity index (χ3n) is 4.38. The molecule has 1 aliphatic rings. The van der Waals surface area contributed by atoms with Gasteiger partial charge >= 0.3 is 0 Å². The molecule has 1 aliphatic carbocycles. The number of aromatic hydroxyl groups is 1. The summed E-state index contributed by atoms with van der Waals surface area (Å²) in [7, 11) is 0. The molecule has 0 spiro atoms. The molecule has 130 valence electrons. The van der Waals surface area contributed by atoms with Crippen molar-refractivity contribution in [1.82, 2.24) is 5.16 Å². The Morgan fingerprint density at radius 3 is 2.96 bits per heavy atom. The highest BCUT2D eigenvalue weighted by Crippen LogP contribution is 2.37. The van der Waals surface area contributed by atoms with E-state index < -0.39 is 5.91 Å². The summed E-state index contributed by atoms with van der Waals surface area (Å²) in [4.78, 5) is 13.7. The number of hydrogen-bond donors (Lipinski definition) is 2. The number of phenolic OH excluding ortho intramolecular Hbond substituents is 1. The number of carbonyl (C=O) groups excluding carboxylic acids is 1. The molecular formula is C19H15N3O3S. The van der Waals surface area contributed by atoms with Crippen LogP contribution in [0.4, 0.5) is 5.00 Å². The second-order valence-corrected chi connectivity index (χ2v) is 7.21. The number of carbonyl (C=O) groups is 1. The largest absolute Gasteiger partial charge is 0.508 e. The van der Waals surface area contributed by atoms with Crippen molar-refractivity contribution < 1.29 is 14.4 Å². The van der Waals surface area contributed by atoms with Gasteiger partial charge in [0, 0.05) is 16.5 Å². The van der Waals surface area contributed by atoms with Gasteiger partial charge in [0.1, 0.15) is 16.8 Å². The van der Waals surface area contributed by atoms with Gasteiger partial charge in [-0.3, -0.25) is 4.79 Å². The fourth-order valence-corrected chi connectivity index (χ4v) is 4.35. The first-order chi connectivity index (χ1) is 12.7. The lowest BCUT2D eigenvalue weighted by molar-refractivity contribution is 0.101. The maximum absolute atomic E-state index is 12.5. The van der Waals surface area contributed by atoms with Crippen molar-refractivity contribution in [2.75, 3.05) is 5.32 Å². The standard InChI is InChI=1S/C19H15N3O3S/c20-10-14-13-6-1-2-7-17(13)26-19(14)21-18(24)15-9-16(25-22-15)11-4-3-5-12(23)8-11/h3-5,8-9,23H,1-2,6-7H2,(H,21,24). The Balaban J connectivity index is 1.58. The van der Waals surface area contributed by atoms with Crippen molar-refractivity contribution in [2.24, 2.45) is 0 Å². The van der Waals surface area contributed by atoms with E-state index in [1.165, 1.54) is 28.3 Å². The van der Waals surface area contributed by atoms with E-state index >= 15 is 0 Å². The Morgan fingerprint density at radius 2 is 2.15 bits per heavy atom. The van der Waals surface area contributed by atoms with Crippen molar-refractivity contribution in [1.29, 1.82) is 5.26 Å². The SMILES string of the molecule is N#Cc1c(NC(=O)c2cc(-c3cccc(O)c3)on2)sc2c1CCCC2. The summed E-state index contributed by atoms with van der Waals surface area (Å²) in [6.45, 7) is 0. The molecule has 0 saturated carbocycles. The number of rotatable bonds is 3. The van der Waals surface area contributed by atoms with Crippen LogP contribution in [0, 0.1) is 11.3 Å². The smallest absolute Gasteiger partial charge is 0.278 e. The molecular weight excluding hydrogens is 350 g/mol. The zero-order valence-corrected chi connectivity index (χ0v) is 14.6. The minimum Gasteiger partial charge on any atom is -0.508 e. The van der Waals surface area contributed by atoms with Crippen LogP contribution in [0.2, 0.25) is 0 Å². The van der Waals surface area contributed by atoms with Crippen molar-refractivity contribution in [3.8, 4) is 23.1 Å². The molecule has 2 heterocycles. The average Bonchev–Trinajstić information content (AvgIpc) is 3.26. The zero-order chi connectivity index (χ0) is 18.1. The fraction of sp³-hybridized carbons (Fsp3) is 0.211. The first-order valence-electron chi connectivity index (χ1n) is 8.28. The van der Waals surface area contributed by atoms with E-state index in [-0.39, 0.29) is 11.4 Å². The molecule has 0 atom stereocenters. The fourth-order valence-electron chi connectivity index (χ4n) is 3.12. The van der Waals surface area contributed by atoms with E-state index in [9.17, 15) is 15.2 Å². The topological polar surface area (TPSA) is 99.2 Å². The first kappa shape index (κ1) is 16.4. The molecule has 26 heavy (non-hydrogen) atoms. The molecule has 0 saturated heterocycles. The number of fused-ring (bicyclic) bond motifs is 1. The molecule has 6 nitrogen and oxygen atoms in total. The number of aryl methyl sites for hydroxylation is 1. The van der Waals surface area contributed by atoms with E-state index in [4.69, 9.17) is 4.52 Å². The Labute approximate surface area is 153 Å². The van der Waals surface area contributed by atoms with Gasteiger partial charge in [-0.1, -0.05) is 17.3 Å². The lowest BCUT2D eigenvalue weighted by atomic mass is 9.96. The van der Waals surface area contributed by atoms with Gasteiger partial charge in [0.2, 0.25) is 0 Å². The molecule has 1 aromatic carbocycles. The molecule has 7 heteroatoms. The van der Waals surface area contributed by atoms with Gasteiger partial charge < -0.3 is 14.9 Å². The average molecular weight is 365 g/mol. The minimum atomic E-state index is -0.421. The van der Waals surface area contributed by atoms with Crippen molar-refractivity contribution in [3.05, 3.63) is 52.0 Å². The van der Waals surface area contributed by atoms with Crippen LogP contribution in [-0.4, -0.2) is 16.2 Å². The number of aromatic nitrogens is 1. The number of anilines is 1. The van der Waals surface area contributed by atoms with Crippen LogP contribution in [0.1, 0.15) is 39.3 Å². The summed E-state index contributed by atoms with van der Waals surface area (Å²) in [6, 6.07) is 10.3. The highest BCUT2D eigenvalue weighted by molar-refractivity contribution is 7.16. The van der Waals surface area contributed by atoms with Gasteiger partial charge in [0.15, 0.2) is 11.5 Å². The summed E-state index contributed by atoms with van der Waals surface area (Å²) >= 11 is 1.47. The molecule has 2 N–H and O–H groups in total. The molecule has 0 unspecified atom stereocenters. The predicted molar refractivity (Wildman–Crippen MR) is 97.2 cm³/mol. The number of benzene rings is 1. The third-order valence-corrected chi connectivity index (χ3v) is 5.59. The van der Waals surface area contributed by atoms with Gasteiger partial charge in [0.25, 0.3) is 5.91 Å². The number of nitrogens with zero attached hydrogens (tertiary/aromatic N) is 2. The highest BCUT2D eigenvalue weighted by atomic mass is 32.1. The second kappa shape index (κ2) is 6.65. The highest BCUT2D eigenvalue weighted by Gasteiger charge is 2.23. The van der Waals surface area contributed by atoms with E-state index in [1.54, 1.807) is 18.2 Å². The summed E-state index contributed by atoms with van der Waals surface area (Å²) in [5, 5.41) is 26.2. The first-order valence-corrected chi connectivity index (χ1v) is 9.09. The number of amides is 1. The van der Waals surface area contributed by atoms with Gasteiger partial charge in [0.05, 0.1) is 5.56 Å². The number of hydrogen-bond acceptors (Lipinski definition) is 6. The van der Waals surface area contributed by atoms with Crippen LogP contribution in [0.5, 0.6) is 5.75 Å². The van der Waals surface area contributed by atoms with Crippen molar-refractivity contribution >= 4 is 22.2 Å². The molecule has 2 aromatic heterocycles. The van der Waals surface area contributed by atoms with Crippen LogP contribution in [0.25, 0.3) is 11.3 Å². The molecule has 4 rings (SSSR count). The summed E-state index contributed by atoms with van der Waals surface area (Å²) in [6.07, 6.45) is 4.02. The zero-order valence-electron chi connectivity index (χ0n) is 13.8. The molecule has 0 fully saturated rings. The van der Waals surface area contributed by atoms with Gasteiger partial charge in [-0.2, -0.15) is 5.26 Å². The number of phenols is 1. The van der Waals surface area contributed by atoms with Gasteiger partial charge in [-0.05, 0) is 43.4 Å². The van der Waals surface area contributed by atoms with Crippen LogP contribution in [0.15, 0.2) is 34.9 Å². The van der Waals surface area contributed by atoms with Gasteiger partial charge in [-0.25, -0.2) is 0 Å². The van der Waals surface area contributed by atoms with Crippen LogP contribution in [-0.2, 0) is 12.8 Å². The van der Waals surface area contributed by atoms with E-state index in [2.05, 4.69) is 16.5 Å². The summed E-state index contributed by atoms with van der Waals surface area (Å²) in [5.41, 5.74) is 2.38. The van der Waals surface area contributed by atoms with Gasteiger partial charge in [-0.15, -0.1) is 11.3 Å². The Kier molecular flexibility index (Phi) is 4.19. The van der Waals surface area contributed by atoms with Crippen LogP contribution < -0.4 is 5.32 Å². The summed E-state index contributed by atoms with van der Waals surface area (Å²) in [5.74, 6) is 0.0695. The Morgan fingerprint density at radius 1 is 1.31 bits per heavy atom. The van der Waals surface area contributed by atoms with Crippen molar-refractivity contribution in [2.45, 2.75) is 25.7 Å². The lowest BCUT2D eigenvalue weighted by Gasteiger charge is -2.09. The lowest BCUT2D eigenvalue weighted by Crippen LogP contribution is -2.12. The summed E-state index contributed by atoms with van der Waals surface area (Å²) < 4.78 is 5.22. The molecule has 0 aliphatic heterocycles. The maximum atomic E-state index is 12.5. The van der Waals surface area contributed by atoms with Crippen LogP contribution >= 0.6 is 11.3 Å². The van der Waals surface area contributed by atoms with Crippen molar-refractivity contribution in [3.63, 3.8) is 0 Å². The molecule has 0 radical (unpaired) electrons. The monoisotopic (exact) mass is 365 g/mol. The molecule has 3 aromatic rings. The normalized spacial score (nSPS) is 13.0. The number of nitrogens with one attached hydrogen (secondary N) is 1. The minimum absolute atomic E-state index is 0.104. The molecule has 1 amide bonds. The van der Waals surface area contributed by atoms with E-state index in [1.807, 2.05) is 0 Å². The van der Waals surface area contributed by atoms with E-state index in [0.29, 0.717) is 21.9 Å². The number of thiophene rings is 1. The predicted octanol–water partition coefficient (Wildman–Crippen LogP) is 4.11. The second-order valence-electron chi connectivity index (χ2n) is 6.11. The molecule has 0 bridgehead atoms. The van der Waals surface area contributed by atoms with E-state index in [0.717, 1.165) is 31.2 Å². The maximum Gasteiger partial charge on any atom is 0.278 e. The number of nitriles is 1. The Hall–Kier alpha value is -3.11.